The van der Waals surface area contributed by atoms with E-state index in [2.05, 4.69) is 30.8 Å². The number of benzene rings is 1. The van der Waals surface area contributed by atoms with E-state index >= 15 is 0 Å². The van der Waals surface area contributed by atoms with Crippen LogP contribution in [0, 0.1) is 0 Å². The van der Waals surface area contributed by atoms with E-state index in [-0.39, 0.29) is 30.5 Å². The largest absolute Gasteiger partial charge is 0.416 e. The van der Waals surface area contributed by atoms with Gasteiger partial charge in [0.2, 0.25) is 0 Å². The first-order valence-electron chi connectivity index (χ1n) is 10.4. The summed E-state index contributed by atoms with van der Waals surface area (Å²) in [4.78, 5) is 8.77. The van der Waals surface area contributed by atoms with Gasteiger partial charge in [-0.3, -0.25) is 4.98 Å². The summed E-state index contributed by atoms with van der Waals surface area (Å²) in [7, 11) is 0. The second-order valence-corrected chi connectivity index (χ2v) is 7.08. The van der Waals surface area contributed by atoms with Crippen LogP contribution in [0.25, 0.3) is 0 Å². The van der Waals surface area contributed by atoms with Crippen LogP contribution in [-0.2, 0) is 32.1 Å². The lowest BCUT2D eigenvalue weighted by Crippen LogP contribution is -2.40. The molecule has 0 unspecified atom stereocenters. The molecule has 0 saturated carbocycles. The Labute approximate surface area is 208 Å². The van der Waals surface area contributed by atoms with Crippen LogP contribution >= 0.6 is 24.0 Å². The number of nitrogens with zero attached hydrogens (tertiary/aromatic N) is 5. The Morgan fingerprint density at radius 3 is 2.64 bits per heavy atom. The van der Waals surface area contributed by atoms with Crippen molar-refractivity contribution in [2.45, 2.75) is 39.0 Å². The van der Waals surface area contributed by atoms with E-state index in [1.807, 2.05) is 29.7 Å². The number of hydrogen-bond donors (Lipinski definition) is 2. The molecule has 7 nitrogen and oxygen atoms in total. The van der Waals surface area contributed by atoms with E-state index in [0.717, 1.165) is 30.1 Å². The summed E-state index contributed by atoms with van der Waals surface area (Å²) in [6.07, 6.45) is 0.502. The molecule has 0 saturated heterocycles. The number of aliphatic imine (C=N–C) groups is 1. The molecule has 178 valence electrons. The van der Waals surface area contributed by atoms with Crippen molar-refractivity contribution in [2.24, 2.45) is 4.99 Å². The smallest absolute Gasteiger partial charge is 0.356 e. The van der Waals surface area contributed by atoms with Crippen LogP contribution in [0.5, 0.6) is 0 Å². The first kappa shape index (κ1) is 26.6. The fourth-order valence-corrected chi connectivity index (χ4v) is 3.08. The zero-order valence-electron chi connectivity index (χ0n) is 18.2. The lowest BCUT2D eigenvalue weighted by Gasteiger charge is -2.14. The second kappa shape index (κ2) is 13.1. The highest BCUT2D eigenvalue weighted by molar-refractivity contribution is 14.0. The van der Waals surface area contributed by atoms with Crippen molar-refractivity contribution >= 4 is 29.9 Å². The van der Waals surface area contributed by atoms with Gasteiger partial charge in [0.25, 0.3) is 0 Å². The monoisotopic (exact) mass is 573 g/mol. The lowest BCUT2D eigenvalue weighted by atomic mass is 10.1. The van der Waals surface area contributed by atoms with Gasteiger partial charge in [-0.1, -0.05) is 25.1 Å². The van der Waals surface area contributed by atoms with E-state index in [1.54, 1.807) is 18.6 Å². The van der Waals surface area contributed by atoms with E-state index in [1.165, 1.54) is 6.07 Å². The number of nitrogens with one attached hydrogen (secondary N) is 2. The summed E-state index contributed by atoms with van der Waals surface area (Å²) in [6.45, 7) is 3.91. The van der Waals surface area contributed by atoms with Crippen LogP contribution in [0.3, 0.4) is 0 Å². The van der Waals surface area contributed by atoms with Gasteiger partial charge in [0.15, 0.2) is 5.96 Å². The summed E-state index contributed by atoms with van der Waals surface area (Å²) in [5, 5.41) is 14.4. The highest BCUT2D eigenvalue weighted by Gasteiger charge is 2.30. The predicted octanol–water partition coefficient (Wildman–Crippen LogP) is 3.85. The summed E-state index contributed by atoms with van der Waals surface area (Å²) in [6, 6.07) is 10.9. The minimum Gasteiger partial charge on any atom is -0.356 e. The molecule has 2 N–H and O–H groups in total. The first-order valence-corrected chi connectivity index (χ1v) is 10.4. The van der Waals surface area contributed by atoms with Gasteiger partial charge in [0.05, 0.1) is 12.1 Å². The molecule has 33 heavy (non-hydrogen) atoms. The van der Waals surface area contributed by atoms with Crippen molar-refractivity contribution in [1.29, 1.82) is 0 Å². The van der Waals surface area contributed by atoms with Crippen LogP contribution in [0.2, 0.25) is 0 Å². The molecule has 0 aliphatic rings. The van der Waals surface area contributed by atoms with Crippen LogP contribution in [0.4, 0.5) is 13.2 Å². The number of rotatable bonds is 9. The number of hydrogen-bond acceptors (Lipinski definition) is 4. The lowest BCUT2D eigenvalue weighted by molar-refractivity contribution is -0.137. The highest BCUT2D eigenvalue weighted by atomic mass is 127. The summed E-state index contributed by atoms with van der Waals surface area (Å²) >= 11 is 0. The average Bonchev–Trinajstić information content (AvgIpc) is 3.25. The van der Waals surface area contributed by atoms with Crippen molar-refractivity contribution < 1.29 is 13.2 Å². The molecule has 0 amide bonds. The van der Waals surface area contributed by atoms with Gasteiger partial charge in [-0.05, 0) is 29.8 Å². The Morgan fingerprint density at radius 2 is 1.91 bits per heavy atom. The summed E-state index contributed by atoms with van der Waals surface area (Å²) in [5.74, 6) is 1.40. The fourth-order valence-electron chi connectivity index (χ4n) is 3.08. The van der Waals surface area contributed by atoms with Crippen molar-refractivity contribution in [3.8, 4) is 0 Å². The number of aromatic nitrogens is 4. The zero-order valence-corrected chi connectivity index (χ0v) is 20.5. The third-order valence-corrected chi connectivity index (χ3v) is 4.73. The Kier molecular flexibility index (Phi) is 10.6. The zero-order chi connectivity index (χ0) is 22.8. The van der Waals surface area contributed by atoms with E-state index in [4.69, 9.17) is 0 Å². The van der Waals surface area contributed by atoms with Crippen LogP contribution < -0.4 is 10.6 Å². The molecule has 11 heteroatoms. The second-order valence-electron chi connectivity index (χ2n) is 7.08. The molecule has 0 radical (unpaired) electrons. The van der Waals surface area contributed by atoms with Crippen LogP contribution in [0.15, 0.2) is 60.0 Å². The average molecular weight is 573 g/mol. The molecule has 0 spiro atoms. The van der Waals surface area contributed by atoms with Gasteiger partial charge in [-0.2, -0.15) is 13.2 Å². The summed E-state index contributed by atoms with van der Waals surface area (Å²) in [5.41, 5.74) is 0.745. The number of aryl methyl sites for hydroxylation is 1. The van der Waals surface area contributed by atoms with Gasteiger partial charge in [-0.25, -0.2) is 4.99 Å². The SMILES string of the molecule is CCc1nncn1CCNC(=NCc1cccc(C(F)(F)F)c1)NCCc1ccccn1.I. The molecule has 2 aromatic heterocycles. The third kappa shape index (κ3) is 8.63. The Bertz CT molecular complexity index is 1010. The topological polar surface area (TPSA) is 80.0 Å². The molecule has 1 aromatic carbocycles. The van der Waals surface area contributed by atoms with Crippen LogP contribution in [0.1, 0.15) is 29.6 Å². The molecular formula is C22H27F3IN7. The predicted molar refractivity (Wildman–Crippen MR) is 131 cm³/mol. The number of guanidine groups is 1. The molecule has 0 aliphatic heterocycles. The van der Waals surface area contributed by atoms with Gasteiger partial charge in [0.1, 0.15) is 12.2 Å². The maximum Gasteiger partial charge on any atom is 0.416 e. The molecule has 0 fully saturated rings. The van der Waals surface area contributed by atoms with Crippen molar-refractivity contribution in [3.63, 3.8) is 0 Å². The number of pyridine rings is 1. The van der Waals surface area contributed by atoms with Crippen molar-refractivity contribution in [2.75, 3.05) is 13.1 Å². The molecule has 3 aromatic rings. The third-order valence-electron chi connectivity index (χ3n) is 4.73. The fraction of sp³-hybridized carbons (Fsp3) is 0.364. The van der Waals surface area contributed by atoms with Crippen molar-refractivity contribution in [1.82, 2.24) is 30.4 Å². The van der Waals surface area contributed by atoms with Crippen molar-refractivity contribution in [3.05, 3.63) is 77.6 Å². The molecule has 2 heterocycles. The quantitative estimate of drug-likeness (QED) is 0.231. The highest BCUT2D eigenvalue weighted by Crippen LogP contribution is 2.29. The molecular weight excluding hydrogens is 546 g/mol. The molecule has 0 atom stereocenters. The van der Waals surface area contributed by atoms with E-state index in [0.29, 0.717) is 37.6 Å². The minimum absolute atomic E-state index is 0. The van der Waals surface area contributed by atoms with Gasteiger partial charge in [-0.15, -0.1) is 34.2 Å². The van der Waals surface area contributed by atoms with Gasteiger partial charge < -0.3 is 15.2 Å². The molecule has 3 rings (SSSR count). The number of halogens is 4. The maximum absolute atomic E-state index is 13.0. The normalized spacial score (nSPS) is 11.7. The standard InChI is InChI=1S/C22H26F3N7.HI/c1-2-20-31-30-16-32(20)13-12-28-21(27-11-9-19-8-3-4-10-26-19)29-15-17-6-5-7-18(14-17)22(23,24)25;/h3-8,10,14,16H,2,9,11-13,15H2,1H3,(H2,27,28,29);1H. The van der Waals surface area contributed by atoms with Gasteiger partial charge >= 0.3 is 6.18 Å². The maximum atomic E-state index is 13.0. The molecule has 0 aliphatic carbocycles. The molecule has 0 bridgehead atoms. The number of alkyl halides is 3. The summed E-state index contributed by atoms with van der Waals surface area (Å²) < 4.78 is 40.9. The minimum atomic E-state index is -4.38. The Balaban J connectivity index is 0.00000385. The Morgan fingerprint density at radius 1 is 1.09 bits per heavy atom. The van der Waals surface area contributed by atoms with Crippen LogP contribution in [-0.4, -0.2) is 38.8 Å². The van der Waals surface area contributed by atoms with E-state index in [9.17, 15) is 13.2 Å². The first-order chi connectivity index (χ1) is 15.5. The Hall–Kier alpha value is -2.70. The van der Waals surface area contributed by atoms with E-state index < -0.39 is 11.7 Å². The van der Waals surface area contributed by atoms with Gasteiger partial charge in [0, 0.05) is 44.4 Å².